The maximum absolute atomic E-state index is 10.7. The fourth-order valence-electron chi connectivity index (χ4n) is 2.95. The molecule has 0 aromatic carbocycles. The molecule has 0 spiro atoms. The minimum absolute atomic E-state index is 0.283. The highest BCUT2D eigenvalue weighted by atomic mass is 35.5. The summed E-state index contributed by atoms with van der Waals surface area (Å²) in [7, 11) is 0. The van der Waals surface area contributed by atoms with Crippen molar-refractivity contribution in [1.29, 1.82) is 0 Å². The molecule has 2 fully saturated rings. The van der Waals surface area contributed by atoms with Crippen LogP contribution < -0.4 is 0 Å². The van der Waals surface area contributed by atoms with Gasteiger partial charge in [-0.3, -0.25) is 0 Å². The first-order chi connectivity index (χ1) is 7.69. The Hall–Kier alpha value is -0.710. The predicted octanol–water partition coefficient (Wildman–Crippen LogP) is 1.44. The predicted molar refractivity (Wildman–Crippen MR) is 59.7 cm³/mol. The largest absolute Gasteiger partial charge is 0.385 e. The van der Waals surface area contributed by atoms with Crippen LogP contribution in [0.1, 0.15) is 31.2 Å². The number of hydrogen-bond acceptors (Lipinski definition) is 4. The third-order valence-corrected chi connectivity index (χ3v) is 4.33. The van der Waals surface area contributed by atoms with Crippen molar-refractivity contribution in [2.75, 3.05) is 0 Å². The van der Waals surface area contributed by atoms with Crippen LogP contribution in [-0.4, -0.2) is 31.6 Å². The number of rotatable bonds is 1. The lowest BCUT2D eigenvalue weighted by atomic mass is 9.83. The second-order valence-electron chi connectivity index (χ2n) is 4.80. The minimum Gasteiger partial charge on any atom is -0.385 e. The van der Waals surface area contributed by atoms with Gasteiger partial charge in [0.2, 0.25) is 0 Å². The molecule has 1 N–H and O–H groups in total. The standard InChI is InChI=1S/C11H14ClN3O/c12-15-9-1-2-10(15)4-11(16,3-9)8-5-13-7-14-6-8/h5-7,9-10,16H,1-4H2. The summed E-state index contributed by atoms with van der Waals surface area (Å²) in [6.07, 6.45) is 8.40. The van der Waals surface area contributed by atoms with Gasteiger partial charge in [0.25, 0.3) is 0 Å². The number of fused-ring (bicyclic) bond motifs is 2. The highest BCUT2D eigenvalue weighted by molar-refractivity contribution is 6.14. The van der Waals surface area contributed by atoms with Crippen LogP contribution in [0.3, 0.4) is 0 Å². The van der Waals surface area contributed by atoms with Crippen molar-refractivity contribution in [2.24, 2.45) is 0 Å². The minimum atomic E-state index is -0.793. The molecule has 2 bridgehead atoms. The third kappa shape index (κ3) is 1.52. The highest BCUT2D eigenvalue weighted by Gasteiger charge is 2.48. The smallest absolute Gasteiger partial charge is 0.115 e. The van der Waals surface area contributed by atoms with E-state index in [9.17, 15) is 5.11 Å². The fraction of sp³-hybridized carbons (Fsp3) is 0.636. The fourth-order valence-corrected chi connectivity index (χ4v) is 3.28. The molecule has 0 amide bonds. The van der Waals surface area contributed by atoms with Crippen LogP contribution in [0, 0.1) is 0 Å². The molecule has 3 heterocycles. The van der Waals surface area contributed by atoms with Gasteiger partial charge in [-0.2, -0.15) is 0 Å². The van der Waals surface area contributed by atoms with Gasteiger partial charge in [0.15, 0.2) is 0 Å². The Morgan fingerprint density at radius 1 is 1.25 bits per heavy atom. The summed E-state index contributed by atoms with van der Waals surface area (Å²) in [5, 5.41) is 10.7. The van der Waals surface area contributed by atoms with E-state index < -0.39 is 5.60 Å². The lowest BCUT2D eigenvalue weighted by Crippen LogP contribution is -2.45. The molecule has 0 aliphatic carbocycles. The van der Waals surface area contributed by atoms with E-state index in [0.29, 0.717) is 12.8 Å². The normalized spacial score (nSPS) is 38.9. The van der Waals surface area contributed by atoms with Gasteiger partial charge in [0.05, 0.1) is 5.60 Å². The molecule has 0 radical (unpaired) electrons. The monoisotopic (exact) mass is 239 g/mol. The van der Waals surface area contributed by atoms with Crippen molar-refractivity contribution in [2.45, 2.75) is 43.4 Å². The molecular weight excluding hydrogens is 226 g/mol. The Morgan fingerprint density at radius 2 is 1.81 bits per heavy atom. The molecule has 3 rings (SSSR count). The van der Waals surface area contributed by atoms with E-state index in [0.717, 1.165) is 18.4 Å². The second kappa shape index (κ2) is 3.65. The van der Waals surface area contributed by atoms with Gasteiger partial charge in [0, 0.05) is 30.0 Å². The maximum atomic E-state index is 10.7. The first kappa shape index (κ1) is 10.4. The van der Waals surface area contributed by atoms with E-state index in [4.69, 9.17) is 11.8 Å². The molecule has 2 aliphatic heterocycles. The quantitative estimate of drug-likeness (QED) is 0.754. The zero-order chi connectivity index (χ0) is 11.2. The SMILES string of the molecule is OC1(c2cncnc2)CC2CCC(C1)N2Cl. The Bertz CT molecular complexity index is 372. The topological polar surface area (TPSA) is 49.3 Å². The molecule has 1 aromatic heterocycles. The number of hydrogen-bond donors (Lipinski definition) is 1. The van der Waals surface area contributed by atoms with E-state index >= 15 is 0 Å². The summed E-state index contributed by atoms with van der Waals surface area (Å²) in [5.41, 5.74) is 0.0232. The van der Waals surface area contributed by atoms with E-state index in [-0.39, 0.29) is 12.1 Å². The Balaban J connectivity index is 1.91. The van der Waals surface area contributed by atoms with Gasteiger partial charge in [0.1, 0.15) is 6.33 Å². The van der Waals surface area contributed by atoms with Gasteiger partial charge < -0.3 is 5.11 Å². The van der Waals surface area contributed by atoms with Gasteiger partial charge in [-0.1, -0.05) is 0 Å². The van der Waals surface area contributed by atoms with Crippen molar-refractivity contribution in [3.8, 4) is 0 Å². The molecule has 2 atom stereocenters. The van der Waals surface area contributed by atoms with Crippen LogP contribution in [0.25, 0.3) is 0 Å². The first-order valence-corrected chi connectivity index (χ1v) is 5.95. The van der Waals surface area contributed by atoms with Gasteiger partial charge in [-0.15, -0.1) is 0 Å². The summed E-state index contributed by atoms with van der Waals surface area (Å²) in [4.78, 5) is 7.95. The zero-order valence-corrected chi connectivity index (χ0v) is 9.64. The van der Waals surface area contributed by atoms with Crippen LogP contribution in [0.15, 0.2) is 18.7 Å². The summed E-state index contributed by atoms with van der Waals surface area (Å²) in [6.45, 7) is 0. The van der Waals surface area contributed by atoms with Crippen LogP contribution in [0.5, 0.6) is 0 Å². The summed E-state index contributed by atoms with van der Waals surface area (Å²) in [6, 6.07) is 0.566. The molecule has 1 aromatic rings. The molecule has 2 unspecified atom stereocenters. The van der Waals surface area contributed by atoms with Crippen molar-refractivity contribution in [3.05, 3.63) is 24.3 Å². The number of piperidine rings is 1. The zero-order valence-electron chi connectivity index (χ0n) is 8.88. The Kier molecular flexibility index (Phi) is 2.38. The Labute approximate surface area is 99.4 Å². The van der Waals surface area contributed by atoms with E-state index in [1.165, 1.54) is 6.33 Å². The molecule has 5 heteroatoms. The van der Waals surface area contributed by atoms with Crippen molar-refractivity contribution < 1.29 is 5.11 Å². The summed E-state index contributed by atoms with van der Waals surface area (Å²) >= 11 is 6.19. The van der Waals surface area contributed by atoms with Crippen LogP contribution in [0.2, 0.25) is 0 Å². The number of aromatic nitrogens is 2. The van der Waals surface area contributed by atoms with E-state index in [1.54, 1.807) is 12.4 Å². The average molecular weight is 240 g/mol. The van der Waals surface area contributed by atoms with Gasteiger partial charge >= 0.3 is 0 Å². The first-order valence-electron chi connectivity index (χ1n) is 5.61. The van der Waals surface area contributed by atoms with E-state index in [2.05, 4.69) is 9.97 Å². The van der Waals surface area contributed by atoms with Crippen molar-refractivity contribution >= 4 is 11.8 Å². The van der Waals surface area contributed by atoms with Crippen molar-refractivity contribution in [1.82, 2.24) is 14.4 Å². The summed E-state index contributed by atoms with van der Waals surface area (Å²) < 4.78 is 1.89. The van der Waals surface area contributed by atoms with Gasteiger partial charge in [-0.05, 0) is 37.5 Å². The molecule has 16 heavy (non-hydrogen) atoms. The lowest BCUT2D eigenvalue weighted by molar-refractivity contribution is -0.0343. The Morgan fingerprint density at radius 3 is 2.38 bits per heavy atom. The second-order valence-corrected chi connectivity index (χ2v) is 5.19. The van der Waals surface area contributed by atoms with Crippen molar-refractivity contribution in [3.63, 3.8) is 0 Å². The molecule has 0 saturated carbocycles. The van der Waals surface area contributed by atoms with Crippen LogP contribution in [-0.2, 0) is 5.60 Å². The molecule has 2 aliphatic rings. The number of aliphatic hydroxyl groups is 1. The molecule has 4 nitrogen and oxygen atoms in total. The summed E-state index contributed by atoms with van der Waals surface area (Å²) in [5.74, 6) is 0. The third-order valence-electron chi connectivity index (χ3n) is 3.78. The lowest BCUT2D eigenvalue weighted by Gasteiger charge is -2.40. The van der Waals surface area contributed by atoms with Crippen LogP contribution >= 0.6 is 11.8 Å². The number of halogens is 1. The number of nitrogens with zero attached hydrogens (tertiary/aromatic N) is 3. The molecule has 2 saturated heterocycles. The van der Waals surface area contributed by atoms with E-state index in [1.807, 2.05) is 4.42 Å². The highest BCUT2D eigenvalue weighted by Crippen LogP contribution is 2.46. The maximum Gasteiger partial charge on any atom is 0.115 e. The molecule has 86 valence electrons. The average Bonchev–Trinajstić information content (AvgIpc) is 2.54. The van der Waals surface area contributed by atoms with Crippen LogP contribution in [0.4, 0.5) is 0 Å². The van der Waals surface area contributed by atoms with Gasteiger partial charge in [-0.25, -0.2) is 14.4 Å². The molecular formula is C11H14ClN3O.